The normalized spacial score (nSPS) is 11.3. The summed E-state index contributed by atoms with van der Waals surface area (Å²) in [7, 11) is 3.82. The number of fused-ring (bicyclic) bond motifs is 1. The average molecular weight is 510 g/mol. The summed E-state index contributed by atoms with van der Waals surface area (Å²) in [5.41, 5.74) is 2.53. The second kappa shape index (κ2) is 11.8. The topological polar surface area (TPSA) is 81.5 Å². The molecule has 1 aromatic heterocycles. The second-order valence-electron chi connectivity index (χ2n) is 8.65. The highest BCUT2D eigenvalue weighted by Gasteiger charge is 2.23. The van der Waals surface area contributed by atoms with Gasteiger partial charge in [-0.05, 0) is 59.1 Å². The molecule has 7 nitrogen and oxygen atoms in total. The molecule has 0 bridgehead atoms. The van der Waals surface area contributed by atoms with Crippen LogP contribution in [0, 0.1) is 17.1 Å². The number of ether oxygens (including phenoxy) is 1. The van der Waals surface area contributed by atoms with Crippen LogP contribution in [-0.4, -0.2) is 49.1 Å². The van der Waals surface area contributed by atoms with Gasteiger partial charge in [0.2, 0.25) is 5.91 Å². The Balaban J connectivity index is 2.22. The number of nitriles is 1. The number of amides is 1. The van der Waals surface area contributed by atoms with Crippen molar-refractivity contribution in [3.8, 4) is 11.8 Å². The van der Waals surface area contributed by atoms with Crippen molar-refractivity contribution in [2.45, 2.75) is 26.8 Å². The van der Waals surface area contributed by atoms with Gasteiger partial charge < -0.3 is 19.9 Å². The van der Waals surface area contributed by atoms with Crippen molar-refractivity contribution in [2.75, 3.05) is 37.5 Å². The van der Waals surface area contributed by atoms with Crippen molar-refractivity contribution in [1.29, 1.82) is 5.26 Å². The number of benzene rings is 2. The highest BCUT2D eigenvalue weighted by atomic mass is 35.5. The van der Waals surface area contributed by atoms with Crippen molar-refractivity contribution in [1.82, 2.24) is 9.88 Å². The molecule has 0 unspecified atom stereocenters. The van der Waals surface area contributed by atoms with Crippen LogP contribution in [0.15, 0.2) is 48.7 Å². The van der Waals surface area contributed by atoms with Gasteiger partial charge in [0.1, 0.15) is 17.6 Å². The molecule has 1 amide bonds. The number of hydrogen-bond donors (Lipinski definition) is 1. The number of rotatable bonds is 9. The van der Waals surface area contributed by atoms with E-state index >= 15 is 0 Å². The molecule has 3 rings (SSSR count). The van der Waals surface area contributed by atoms with Crippen LogP contribution in [0.5, 0.6) is 5.75 Å². The van der Waals surface area contributed by atoms with Gasteiger partial charge in [-0.2, -0.15) is 5.26 Å². The first-order chi connectivity index (χ1) is 17.2. The molecular formula is C27H29ClFN5O2. The van der Waals surface area contributed by atoms with Crippen molar-refractivity contribution in [3.05, 3.63) is 65.1 Å². The number of anilines is 3. The van der Waals surface area contributed by atoms with Crippen molar-refractivity contribution >= 4 is 45.5 Å². The summed E-state index contributed by atoms with van der Waals surface area (Å²) in [6, 6.07) is 10.0. The number of nitrogens with zero attached hydrogens (tertiary/aromatic N) is 4. The lowest BCUT2D eigenvalue weighted by molar-refractivity contribution is -0.111. The van der Waals surface area contributed by atoms with Crippen molar-refractivity contribution in [3.63, 3.8) is 0 Å². The van der Waals surface area contributed by atoms with Gasteiger partial charge in [-0.1, -0.05) is 17.7 Å². The number of carbonyl (C=O) groups is 1. The molecule has 9 heteroatoms. The predicted octanol–water partition coefficient (Wildman–Crippen LogP) is 5.90. The van der Waals surface area contributed by atoms with E-state index in [4.69, 9.17) is 16.3 Å². The molecule has 1 heterocycles. The molecule has 3 aromatic rings. The first-order valence-corrected chi connectivity index (χ1v) is 11.9. The fraction of sp³-hybridized carbons (Fsp3) is 0.296. The molecule has 0 saturated carbocycles. The van der Waals surface area contributed by atoms with Gasteiger partial charge in [-0.25, -0.2) is 4.39 Å². The minimum atomic E-state index is -0.530. The summed E-state index contributed by atoms with van der Waals surface area (Å²) < 4.78 is 19.7. The first-order valence-electron chi connectivity index (χ1n) is 11.5. The van der Waals surface area contributed by atoms with E-state index < -0.39 is 5.82 Å². The molecule has 0 aliphatic carbocycles. The Morgan fingerprint density at radius 3 is 2.67 bits per heavy atom. The third kappa shape index (κ3) is 6.11. The molecule has 0 spiro atoms. The van der Waals surface area contributed by atoms with E-state index in [1.54, 1.807) is 24.3 Å². The molecular weight excluding hydrogens is 481 g/mol. The van der Waals surface area contributed by atoms with Crippen LogP contribution >= 0.6 is 11.6 Å². The lowest BCUT2D eigenvalue weighted by Gasteiger charge is -2.31. The Hall–Kier alpha value is -3.67. The molecule has 36 heavy (non-hydrogen) atoms. The summed E-state index contributed by atoms with van der Waals surface area (Å²) in [6.45, 7) is 6.77. The number of nitrogens with one attached hydrogen (secondary N) is 1. The predicted molar refractivity (Wildman–Crippen MR) is 143 cm³/mol. The Morgan fingerprint density at radius 1 is 1.31 bits per heavy atom. The lowest BCUT2D eigenvalue weighted by Crippen LogP contribution is -2.26. The molecule has 0 saturated heterocycles. The van der Waals surface area contributed by atoms with E-state index in [1.165, 1.54) is 24.4 Å². The third-order valence-electron chi connectivity index (χ3n) is 5.30. The van der Waals surface area contributed by atoms with E-state index in [-0.39, 0.29) is 17.0 Å². The van der Waals surface area contributed by atoms with Gasteiger partial charge in [0.25, 0.3) is 0 Å². The van der Waals surface area contributed by atoms with E-state index in [0.29, 0.717) is 52.4 Å². The van der Waals surface area contributed by atoms with Gasteiger partial charge in [0, 0.05) is 42.0 Å². The maximum atomic E-state index is 13.9. The number of hydrogen-bond acceptors (Lipinski definition) is 6. The van der Waals surface area contributed by atoms with Gasteiger partial charge in [-0.15, -0.1) is 0 Å². The Labute approximate surface area is 215 Å². The standard InChI is InChI=1S/C27H29ClFN5O2/c1-6-36-25-14-23-20(13-24(25)32-26(35)8-7-11-33(4)5)27(18(15-30)16-31-23)34(17(2)3)19-9-10-22(29)21(28)12-19/h7-10,12-14,16-17H,6,11H2,1-5H3,(H,32,35)/b8-7+. The highest BCUT2D eigenvalue weighted by molar-refractivity contribution is 6.31. The molecule has 0 aliphatic heterocycles. The number of aromatic nitrogens is 1. The van der Waals surface area contributed by atoms with Gasteiger partial charge >= 0.3 is 0 Å². The summed E-state index contributed by atoms with van der Waals surface area (Å²) in [4.78, 5) is 20.9. The Kier molecular flexibility index (Phi) is 8.86. The number of carbonyl (C=O) groups excluding carboxylic acids is 1. The Bertz CT molecular complexity index is 1330. The van der Waals surface area contributed by atoms with Crippen LogP contribution in [0.2, 0.25) is 5.02 Å². The smallest absolute Gasteiger partial charge is 0.248 e. The molecule has 0 radical (unpaired) electrons. The summed E-state index contributed by atoms with van der Waals surface area (Å²) in [5, 5.41) is 13.4. The highest BCUT2D eigenvalue weighted by Crippen LogP contribution is 2.40. The molecule has 2 aromatic carbocycles. The molecule has 188 valence electrons. The minimum absolute atomic E-state index is 0.0221. The zero-order chi connectivity index (χ0) is 26.4. The summed E-state index contributed by atoms with van der Waals surface area (Å²) in [5.74, 6) is -0.379. The van der Waals surface area contributed by atoms with Crippen LogP contribution in [0.1, 0.15) is 26.3 Å². The fourth-order valence-electron chi connectivity index (χ4n) is 3.79. The largest absolute Gasteiger partial charge is 0.492 e. The lowest BCUT2D eigenvalue weighted by atomic mass is 10.0. The zero-order valence-electron chi connectivity index (χ0n) is 21.0. The van der Waals surface area contributed by atoms with Crippen molar-refractivity contribution in [2.24, 2.45) is 0 Å². The molecule has 0 atom stereocenters. The Morgan fingerprint density at radius 2 is 2.06 bits per heavy atom. The first kappa shape index (κ1) is 26.9. The monoisotopic (exact) mass is 509 g/mol. The second-order valence-corrected chi connectivity index (χ2v) is 9.05. The zero-order valence-corrected chi connectivity index (χ0v) is 21.7. The van der Waals surface area contributed by atoms with E-state index in [0.717, 1.165) is 0 Å². The van der Waals surface area contributed by atoms with E-state index in [9.17, 15) is 14.4 Å². The molecule has 0 aliphatic rings. The van der Waals surface area contributed by atoms with E-state index in [1.807, 2.05) is 44.7 Å². The number of halogens is 2. The van der Waals surface area contributed by atoms with E-state index in [2.05, 4.69) is 16.4 Å². The van der Waals surface area contributed by atoms with Crippen molar-refractivity contribution < 1.29 is 13.9 Å². The molecule has 1 N–H and O–H groups in total. The van der Waals surface area contributed by atoms with Gasteiger partial charge in [0.15, 0.2) is 0 Å². The SMILES string of the molecule is CCOc1cc2ncc(C#N)c(N(c3ccc(F)c(Cl)c3)C(C)C)c2cc1NC(=O)/C=C/CN(C)C. The maximum Gasteiger partial charge on any atom is 0.248 e. The minimum Gasteiger partial charge on any atom is -0.492 e. The third-order valence-corrected chi connectivity index (χ3v) is 5.59. The maximum absolute atomic E-state index is 13.9. The number of likely N-dealkylation sites (N-methyl/N-ethyl adjacent to an activating group) is 1. The van der Waals surface area contributed by atoms with Crippen LogP contribution in [0.4, 0.5) is 21.5 Å². The quantitative estimate of drug-likeness (QED) is 0.362. The van der Waals surface area contributed by atoms with Crippen LogP contribution < -0.4 is 15.0 Å². The number of pyridine rings is 1. The average Bonchev–Trinajstić information content (AvgIpc) is 2.81. The molecule has 0 fully saturated rings. The van der Waals surface area contributed by atoms with Crippen LogP contribution in [-0.2, 0) is 4.79 Å². The van der Waals surface area contributed by atoms with Crippen LogP contribution in [0.3, 0.4) is 0 Å². The van der Waals surface area contributed by atoms with Crippen LogP contribution in [0.25, 0.3) is 10.9 Å². The van der Waals surface area contributed by atoms with Gasteiger partial charge in [0.05, 0.1) is 34.1 Å². The summed E-state index contributed by atoms with van der Waals surface area (Å²) >= 11 is 6.09. The van der Waals surface area contributed by atoms with Gasteiger partial charge in [-0.3, -0.25) is 9.78 Å². The summed E-state index contributed by atoms with van der Waals surface area (Å²) in [6.07, 6.45) is 4.72. The fourth-order valence-corrected chi connectivity index (χ4v) is 3.96.